The molecular weight excluding hydrogens is 318 g/mol. The van der Waals surface area contributed by atoms with Gasteiger partial charge in [-0.2, -0.15) is 0 Å². The maximum atomic E-state index is 5.00. The van der Waals surface area contributed by atoms with Crippen LogP contribution in [0.1, 0.15) is 32.1 Å². The lowest BCUT2D eigenvalue weighted by molar-refractivity contribution is 0.462. The second kappa shape index (κ2) is 6.49. The predicted octanol–water partition coefficient (Wildman–Crippen LogP) is 5.90. The Balaban J connectivity index is 1.70. The first-order valence-electron chi connectivity index (χ1n) is 9.62. The van der Waals surface area contributed by atoms with Gasteiger partial charge in [-0.15, -0.1) is 0 Å². The molecule has 0 aliphatic heterocycles. The molecule has 2 aromatic heterocycles. The van der Waals surface area contributed by atoms with Crippen LogP contribution >= 0.6 is 0 Å². The zero-order valence-corrected chi connectivity index (χ0v) is 14.9. The summed E-state index contributed by atoms with van der Waals surface area (Å²) in [6.07, 6.45) is 8.60. The van der Waals surface area contributed by atoms with Crippen LogP contribution < -0.4 is 5.32 Å². The average Bonchev–Trinajstić information content (AvgIpc) is 3.07. The van der Waals surface area contributed by atoms with Crippen LogP contribution in [0.15, 0.2) is 66.9 Å². The van der Waals surface area contributed by atoms with E-state index in [1.54, 1.807) is 0 Å². The van der Waals surface area contributed by atoms with Crippen molar-refractivity contribution in [2.45, 2.75) is 38.1 Å². The topological polar surface area (TPSA) is 29.3 Å². The molecule has 0 amide bonds. The van der Waals surface area contributed by atoms with Crippen molar-refractivity contribution in [2.75, 3.05) is 5.32 Å². The van der Waals surface area contributed by atoms with Gasteiger partial charge < -0.3 is 5.32 Å². The highest BCUT2D eigenvalue weighted by molar-refractivity contribution is 5.98. The zero-order chi connectivity index (χ0) is 17.3. The summed E-state index contributed by atoms with van der Waals surface area (Å²) < 4.78 is 2.20. The Kier molecular flexibility index (Phi) is 3.85. The molecule has 4 aromatic rings. The lowest BCUT2D eigenvalue weighted by atomic mass is 9.95. The summed E-state index contributed by atoms with van der Waals surface area (Å²) in [5.74, 6) is 1.13. The molecule has 0 atom stereocenters. The van der Waals surface area contributed by atoms with Crippen molar-refractivity contribution in [3.63, 3.8) is 0 Å². The first-order chi connectivity index (χ1) is 12.9. The Bertz CT molecular complexity index is 1050. The minimum atomic E-state index is 0.539. The number of imidazole rings is 1. The van der Waals surface area contributed by atoms with Gasteiger partial charge in [0.1, 0.15) is 17.2 Å². The fourth-order valence-electron chi connectivity index (χ4n) is 4.19. The highest BCUT2D eigenvalue weighted by Crippen LogP contribution is 2.35. The van der Waals surface area contributed by atoms with Crippen LogP contribution in [0.25, 0.3) is 27.7 Å². The van der Waals surface area contributed by atoms with E-state index in [0.29, 0.717) is 6.04 Å². The van der Waals surface area contributed by atoms with Gasteiger partial charge >= 0.3 is 0 Å². The summed E-state index contributed by atoms with van der Waals surface area (Å²) in [4.78, 5) is 5.00. The van der Waals surface area contributed by atoms with E-state index in [4.69, 9.17) is 4.98 Å². The third-order valence-electron chi connectivity index (χ3n) is 5.52. The monoisotopic (exact) mass is 341 g/mol. The van der Waals surface area contributed by atoms with E-state index in [0.717, 1.165) is 17.2 Å². The number of aromatic nitrogens is 2. The number of pyridine rings is 1. The van der Waals surface area contributed by atoms with Gasteiger partial charge in [0, 0.05) is 17.8 Å². The van der Waals surface area contributed by atoms with E-state index in [1.807, 2.05) is 0 Å². The number of nitrogens with one attached hydrogen (secondary N) is 1. The van der Waals surface area contributed by atoms with Crippen LogP contribution in [0.2, 0.25) is 0 Å². The molecule has 1 saturated carbocycles. The van der Waals surface area contributed by atoms with Gasteiger partial charge in [-0.3, -0.25) is 4.40 Å². The first-order valence-corrected chi connectivity index (χ1v) is 9.62. The van der Waals surface area contributed by atoms with Gasteiger partial charge in [0.25, 0.3) is 0 Å². The van der Waals surface area contributed by atoms with E-state index in [9.17, 15) is 0 Å². The molecule has 1 aliphatic rings. The summed E-state index contributed by atoms with van der Waals surface area (Å²) in [6.45, 7) is 0. The van der Waals surface area contributed by atoms with Crippen LogP contribution in [0, 0.1) is 0 Å². The van der Waals surface area contributed by atoms with Gasteiger partial charge in [-0.05, 0) is 35.7 Å². The Morgan fingerprint density at radius 3 is 2.58 bits per heavy atom. The standard InChI is InChI=1S/C23H23N3/c1-2-11-18(12-3-1)24-23-22(25-21-15-6-7-16-26(21)23)20-14-8-10-17-9-4-5-13-19(17)20/h4-10,13-16,18,24H,1-3,11-12H2. The molecule has 5 rings (SSSR count). The number of nitrogens with zero attached hydrogens (tertiary/aromatic N) is 2. The molecule has 130 valence electrons. The number of rotatable bonds is 3. The minimum Gasteiger partial charge on any atom is -0.367 e. The second-order valence-electron chi connectivity index (χ2n) is 7.24. The van der Waals surface area contributed by atoms with Gasteiger partial charge in [-0.1, -0.05) is 67.8 Å². The molecule has 26 heavy (non-hydrogen) atoms. The average molecular weight is 341 g/mol. The van der Waals surface area contributed by atoms with Crippen molar-refractivity contribution in [3.05, 3.63) is 66.9 Å². The second-order valence-corrected chi connectivity index (χ2v) is 7.24. The fourth-order valence-corrected chi connectivity index (χ4v) is 4.19. The Hall–Kier alpha value is -2.81. The fraction of sp³-hybridized carbons (Fsp3) is 0.261. The first kappa shape index (κ1) is 15.4. The maximum Gasteiger partial charge on any atom is 0.139 e. The van der Waals surface area contributed by atoms with Crippen molar-refractivity contribution in [3.8, 4) is 11.3 Å². The van der Waals surface area contributed by atoms with Gasteiger partial charge in [0.05, 0.1) is 0 Å². The number of benzene rings is 2. The summed E-state index contributed by atoms with van der Waals surface area (Å²) in [5, 5.41) is 6.35. The predicted molar refractivity (Wildman–Crippen MR) is 109 cm³/mol. The van der Waals surface area contributed by atoms with Crippen molar-refractivity contribution >= 4 is 22.2 Å². The molecule has 1 N–H and O–H groups in total. The van der Waals surface area contributed by atoms with Crippen LogP contribution in [0.4, 0.5) is 5.82 Å². The van der Waals surface area contributed by atoms with Crippen LogP contribution in [-0.2, 0) is 0 Å². The Morgan fingerprint density at radius 2 is 1.65 bits per heavy atom. The summed E-state index contributed by atoms with van der Waals surface area (Å²) in [5.41, 5.74) is 3.25. The van der Waals surface area contributed by atoms with E-state index in [-0.39, 0.29) is 0 Å². The molecule has 1 fully saturated rings. The van der Waals surface area contributed by atoms with Crippen LogP contribution in [0.5, 0.6) is 0 Å². The molecular formula is C23H23N3. The van der Waals surface area contributed by atoms with Crippen molar-refractivity contribution < 1.29 is 0 Å². The number of fused-ring (bicyclic) bond motifs is 2. The molecule has 0 radical (unpaired) electrons. The Labute approximate surface area is 153 Å². The van der Waals surface area contributed by atoms with Crippen LogP contribution in [0.3, 0.4) is 0 Å². The molecule has 1 aliphatic carbocycles. The largest absolute Gasteiger partial charge is 0.367 e. The SMILES string of the molecule is c1ccc2c(-c3nc4ccccn4c3NC3CCCCC3)cccc2c1. The third kappa shape index (κ3) is 2.64. The van der Waals surface area contributed by atoms with Crippen molar-refractivity contribution in [1.29, 1.82) is 0 Å². The molecule has 2 aromatic carbocycles. The highest BCUT2D eigenvalue weighted by atomic mass is 15.1. The zero-order valence-electron chi connectivity index (χ0n) is 14.9. The molecule has 0 bridgehead atoms. The normalized spacial score (nSPS) is 15.5. The van der Waals surface area contributed by atoms with E-state index in [2.05, 4.69) is 76.6 Å². The molecule has 3 nitrogen and oxygen atoms in total. The molecule has 2 heterocycles. The van der Waals surface area contributed by atoms with E-state index in [1.165, 1.54) is 48.4 Å². The molecule has 0 spiro atoms. The number of hydrogen-bond acceptors (Lipinski definition) is 2. The molecule has 0 unspecified atom stereocenters. The van der Waals surface area contributed by atoms with Gasteiger partial charge in [0.2, 0.25) is 0 Å². The van der Waals surface area contributed by atoms with Crippen molar-refractivity contribution in [2.24, 2.45) is 0 Å². The summed E-state index contributed by atoms with van der Waals surface area (Å²) in [7, 11) is 0. The smallest absolute Gasteiger partial charge is 0.139 e. The number of hydrogen-bond donors (Lipinski definition) is 1. The number of anilines is 1. The third-order valence-corrected chi connectivity index (χ3v) is 5.52. The van der Waals surface area contributed by atoms with Gasteiger partial charge in [-0.25, -0.2) is 4.98 Å². The maximum absolute atomic E-state index is 5.00. The quantitative estimate of drug-likeness (QED) is 0.503. The lowest BCUT2D eigenvalue weighted by Gasteiger charge is -2.24. The summed E-state index contributed by atoms with van der Waals surface area (Å²) in [6, 6.07) is 21.8. The lowest BCUT2D eigenvalue weighted by Crippen LogP contribution is -2.23. The molecule has 0 saturated heterocycles. The highest BCUT2D eigenvalue weighted by Gasteiger charge is 2.20. The van der Waals surface area contributed by atoms with Crippen molar-refractivity contribution in [1.82, 2.24) is 9.38 Å². The summed E-state index contributed by atoms with van der Waals surface area (Å²) >= 11 is 0. The van der Waals surface area contributed by atoms with E-state index < -0.39 is 0 Å². The Morgan fingerprint density at radius 1 is 0.846 bits per heavy atom. The van der Waals surface area contributed by atoms with E-state index >= 15 is 0 Å². The minimum absolute atomic E-state index is 0.539. The van der Waals surface area contributed by atoms with Crippen LogP contribution in [-0.4, -0.2) is 15.4 Å². The molecule has 3 heteroatoms. The van der Waals surface area contributed by atoms with Gasteiger partial charge in [0.15, 0.2) is 0 Å².